The van der Waals surface area contributed by atoms with Gasteiger partial charge in [-0.1, -0.05) is 0 Å². The first-order chi connectivity index (χ1) is 23.2. The number of aromatic nitrogens is 2. The summed E-state index contributed by atoms with van der Waals surface area (Å²) in [6.45, 7) is 0. The number of hydrogen-bond acceptors (Lipinski definition) is 1. The normalized spacial score (nSPS) is 13.4. The van der Waals surface area contributed by atoms with Gasteiger partial charge in [0.25, 0.3) is 0 Å². The van der Waals surface area contributed by atoms with Crippen LogP contribution in [0.5, 0.6) is 0 Å². The molecular weight excluding hydrogens is 654 g/mol. The van der Waals surface area contributed by atoms with E-state index in [4.69, 9.17) is 4.98 Å². The molecule has 2 nitrogen and oxygen atoms in total. The number of nitrogens with zero attached hydrogens (tertiary/aromatic N) is 2. The van der Waals surface area contributed by atoms with Crippen LogP contribution >= 0.6 is 5.51 Å². The van der Waals surface area contributed by atoms with E-state index >= 15 is 0 Å². The number of pyridine rings is 1. The van der Waals surface area contributed by atoms with Crippen LogP contribution in [0.2, 0.25) is 0 Å². The Kier molecular flexibility index (Phi) is 5.90. The Hall–Kier alpha value is -5.04. The molecule has 47 heavy (non-hydrogen) atoms. The van der Waals surface area contributed by atoms with Crippen LogP contribution < -0.4 is 15.9 Å². The van der Waals surface area contributed by atoms with E-state index in [1.807, 2.05) is 0 Å². The van der Waals surface area contributed by atoms with Gasteiger partial charge in [0.15, 0.2) is 0 Å². The van der Waals surface area contributed by atoms with E-state index in [2.05, 4.69) is 183 Å². The quantitative estimate of drug-likeness (QED) is 0.103. The summed E-state index contributed by atoms with van der Waals surface area (Å²) in [5.41, 5.74) is 2.01. The maximum atomic E-state index is 5.36. The topological polar surface area (TPSA) is 17.3 Å². The molecule has 10 aromatic rings. The third-order valence-electron chi connectivity index (χ3n) is 9.79. The Morgan fingerprint density at radius 3 is 1.89 bits per heavy atom. The Labute approximate surface area is 279 Å². The Balaban J connectivity index is 1.36. The first-order valence-electron chi connectivity index (χ1n) is 15.9. The molecule has 2 aromatic heterocycles. The molecule has 4 heteroatoms. The molecule has 10 rings (SSSR count). The van der Waals surface area contributed by atoms with Crippen LogP contribution in [0.3, 0.4) is 0 Å². The van der Waals surface area contributed by atoms with Gasteiger partial charge in [-0.2, -0.15) is 0 Å². The first-order valence-corrected chi connectivity index (χ1v) is 19.9. The summed E-state index contributed by atoms with van der Waals surface area (Å²) in [4.78, 5) is 5.36. The standard InChI is InChI=1S/C43H27N2PSe/c47-46(32-23-22-28-10-1-2-12-30(28)26-32,33-24-25-35-31(27-33)21-20-29-11-3-4-13-34(29)35)41-19-9-17-39-42(41)45-40-18-8-7-15-37(40)36-14-5-6-16-38(36)43(45)44-39/h1-27H. The van der Waals surface area contributed by atoms with Crippen LogP contribution in [-0.4, -0.2) is 24.5 Å². The monoisotopic (exact) mass is 682 g/mol. The first kappa shape index (κ1) is 27.1. The molecular formula is C43H27N2PSe. The van der Waals surface area contributed by atoms with Gasteiger partial charge in [-0.25, -0.2) is 0 Å². The van der Waals surface area contributed by atoms with Gasteiger partial charge in [0.2, 0.25) is 0 Å². The number of para-hydroxylation sites is 2. The summed E-state index contributed by atoms with van der Waals surface area (Å²) in [6, 6.07) is 60.2. The molecule has 0 bridgehead atoms. The molecule has 0 spiro atoms. The average molecular weight is 682 g/mol. The summed E-state index contributed by atoms with van der Waals surface area (Å²) >= 11 is 3.91. The van der Waals surface area contributed by atoms with Crippen molar-refractivity contribution in [2.75, 3.05) is 0 Å². The van der Waals surface area contributed by atoms with Gasteiger partial charge >= 0.3 is 280 Å². The van der Waals surface area contributed by atoms with E-state index < -0.39 is 5.51 Å². The van der Waals surface area contributed by atoms with Crippen LogP contribution in [0.4, 0.5) is 0 Å². The van der Waals surface area contributed by atoms with Crippen molar-refractivity contribution in [1.29, 1.82) is 0 Å². The van der Waals surface area contributed by atoms with E-state index in [0.29, 0.717) is 0 Å². The summed E-state index contributed by atoms with van der Waals surface area (Å²) < 4.78 is 2.42. The van der Waals surface area contributed by atoms with Crippen molar-refractivity contribution in [2.45, 2.75) is 0 Å². The fraction of sp³-hybridized carbons (Fsp3) is 0. The summed E-state index contributed by atoms with van der Waals surface area (Å²) in [5.74, 6) is 0. The molecule has 0 radical (unpaired) electrons. The molecule has 8 aromatic carbocycles. The fourth-order valence-corrected chi connectivity index (χ4v) is 12.8. The van der Waals surface area contributed by atoms with E-state index in [9.17, 15) is 0 Å². The van der Waals surface area contributed by atoms with E-state index in [1.54, 1.807) is 0 Å². The zero-order valence-electron chi connectivity index (χ0n) is 25.3. The van der Waals surface area contributed by atoms with Crippen molar-refractivity contribution in [1.82, 2.24) is 9.38 Å². The molecule has 0 amide bonds. The van der Waals surface area contributed by atoms with Gasteiger partial charge in [0.1, 0.15) is 0 Å². The number of hydrogen-bond donors (Lipinski definition) is 0. The molecule has 0 saturated heterocycles. The van der Waals surface area contributed by atoms with Crippen LogP contribution in [0.25, 0.3) is 70.7 Å². The molecule has 0 saturated carbocycles. The second kappa shape index (κ2) is 10.2. The van der Waals surface area contributed by atoms with Crippen LogP contribution in [-0.2, 0) is 0 Å². The number of imidazole rings is 1. The van der Waals surface area contributed by atoms with Crippen LogP contribution in [0, 0.1) is 0 Å². The minimum atomic E-state index is -2.34. The van der Waals surface area contributed by atoms with Crippen molar-refractivity contribution < 1.29 is 0 Å². The minimum absolute atomic E-state index is 0.997. The predicted molar refractivity (Wildman–Crippen MR) is 205 cm³/mol. The summed E-state index contributed by atoms with van der Waals surface area (Å²) in [6.07, 6.45) is 0. The number of benzene rings is 8. The Morgan fingerprint density at radius 2 is 1.04 bits per heavy atom. The van der Waals surface area contributed by atoms with Crippen molar-refractivity contribution in [3.8, 4) is 0 Å². The Morgan fingerprint density at radius 1 is 0.447 bits per heavy atom. The van der Waals surface area contributed by atoms with Crippen molar-refractivity contribution >= 4 is 107 Å². The molecule has 220 valence electrons. The van der Waals surface area contributed by atoms with Crippen molar-refractivity contribution in [3.63, 3.8) is 0 Å². The third-order valence-corrected chi connectivity index (χ3v) is 16.7. The fourth-order valence-electron chi connectivity index (χ4n) is 7.58. The predicted octanol–water partition coefficient (Wildman–Crippen LogP) is 9.63. The summed E-state index contributed by atoms with van der Waals surface area (Å²) in [5, 5.41) is 15.1. The van der Waals surface area contributed by atoms with Gasteiger partial charge in [-0.15, -0.1) is 0 Å². The number of rotatable bonds is 3. The van der Waals surface area contributed by atoms with Gasteiger partial charge in [-0.3, -0.25) is 0 Å². The maximum absolute atomic E-state index is 5.36. The molecule has 0 fully saturated rings. The zero-order chi connectivity index (χ0) is 31.1. The van der Waals surface area contributed by atoms with E-state index in [0.717, 1.165) is 11.2 Å². The van der Waals surface area contributed by atoms with Gasteiger partial charge < -0.3 is 0 Å². The molecule has 0 aliphatic rings. The second-order valence-electron chi connectivity index (χ2n) is 12.3. The van der Waals surface area contributed by atoms with Crippen LogP contribution in [0.15, 0.2) is 164 Å². The van der Waals surface area contributed by atoms with Gasteiger partial charge in [0, 0.05) is 0 Å². The van der Waals surface area contributed by atoms with Gasteiger partial charge in [0.05, 0.1) is 0 Å². The van der Waals surface area contributed by atoms with Crippen molar-refractivity contribution in [2.24, 2.45) is 0 Å². The molecule has 0 N–H and O–H groups in total. The van der Waals surface area contributed by atoms with Crippen molar-refractivity contribution in [3.05, 3.63) is 164 Å². The molecule has 0 aliphatic heterocycles. The zero-order valence-corrected chi connectivity index (χ0v) is 27.9. The second-order valence-corrected chi connectivity index (χ2v) is 18.5. The molecule has 1 atom stereocenters. The SMILES string of the molecule is [Se]=P(c1ccc2ccccc2c1)(c1ccc2c(ccc3ccccc32)c1)c1cccc2nc3c4ccccc4c4ccccc4n3c12. The molecule has 0 aliphatic carbocycles. The number of fused-ring (bicyclic) bond motifs is 12. The third kappa shape index (κ3) is 3.92. The van der Waals surface area contributed by atoms with E-state index in [1.165, 1.54) is 75.4 Å². The van der Waals surface area contributed by atoms with E-state index in [-0.39, 0.29) is 0 Å². The Bertz CT molecular complexity index is 2960. The summed E-state index contributed by atoms with van der Waals surface area (Å²) in [7, 11) is 0. The van der Waals surface area contributed by atoms with Crippen LogP contribution in [0.1, 0.15) is 0 Å². The molecule has 2 heterocycles. The van der Waals surface area contributed by atoms with Gasteiger partial charge in [-0.05, 0) is 0 Å². The molecule has 1 unspecified atom stereocenters. The average Bonchev–Trinajstić information content (AvgIpc) is 3.55.